The Morgan fingerprint density at radius 2 is 2.23 bits per heavy atom. The number of aromatic nitrogens is 1. The van der Waals surface area contributed by atoms with Crippen LogP contribution in [0.15, 0.2) is 18.3 Å². The Labute approximate surface area is 77.8 Å². The summed E-state index contributed by atoms with van der Waals surface area (Å²) in [6.07, 6.45) is 2.02. The Morgan fingerprint density at radius 3 is 2.77 bits per heavy atom. The summed E-state index contributed by atoms with van der Waals surface area (Å²) in [4.78, 5) is 4.06. The number of hydrogen-bond donors (Lipinski definition) is 1. The Balaban J connectivity index is 2.71. The molecule has 0 spiro atoms. The van der Waals surface area contributed by atoms with Gasteiger partial charge in [-0.15, -0.1) is 0 Å². The van der Waals surface area contributed by atoms with Gasteiger partial charge in [0.15, 0.2) is 0 Å². The molecule has 0 fully saturated rings. The van der Waals surface area contributed by atoms with E-state index in [0.717, 1.165) is 11.3 Å². The van der Waals surface area contributed by atoms with Gasteiger partial charge in [0.1, 0.15) is 0 Å². The fraction of sp³-hybridized carbons (Fsp3) is 0.375. The first-order valence-corrected chi connectivity index (χ1v) is 5.61. The quantitative estimate of drug-likeness (QED) is 0.758. The van der Waals surface area contributed by atoms with E-state index in [2.05, 4.69) is 4.98 Å². The fourth-order valence-electron chi connectivity index (χ4n) is 1.02. The van der Waals surface area contributed by atoms with Crippen molar-refractivity contribution in [3.05, 3.63) is 29.6 Å². The van der Waals surface area contributed by atoms with E-state index in [1.807, 2.05) is 19.1 Å². The van der Waals surface area contributed by atoms with Gasteiger partial charge >= 0.3 is 0 Å². The molecule has 5 heteroatoms. The molecule has 72 valence electrons. The summed E-state index contributed by atoms with van der Waals surface area (Å²) >= 11 is 0. The minimum atomic E-state index is -3.38. The predicted octanol–water partition coefficient (Wildman–Crippen LogP) is 0.221. The number of sulfonamides is 1. The summed E-state index contributed by atoms with van der Waals surface area (Å²) < 4.78 is 21.3. The molecule has 0 saturated carbocycles. The molecule has 4 nitrogen and oxygen atoms in total. The second kappa shape index (κ2) is 3.85. The van der Waals surface area contributed by atoms with Crippen LogP contribution < -0.4 is 5.14 Å². The highest BCUT2D eigenvalue weighted by Crippen LogP contribution is 2.04. The van der Waals surface area contributed by atoms with Gasteiger partial charge in [-0.3, -0.25) is 4.98 Å². The minimum Gasteiger partial charge on any atom is -0.261 e. The van der Waals surface area contributed by atoms with Gasteiger partial charge in [-0.2, -0.15) is 0 Å². The largest absolute Gasteiger partial charge is 0.261 e. The first-order valence-electron chi connectivity index (χ1n) is 3.90. The van der Waals surface area contributed by atoms with E-state index in [1.165, 1.54) is 0 Å². The molecule has 2 N–H and O–H groups in total. The van der Waals surface area contributed by atoms with Crippen LogP contribution in [-0.2, 0) is 16.4 Å². The van der Waals surface area contributed by atoms with E-state index in [-0.39, 0.29) is 5.75 Å². The normalized spacial score (nSPS) is 11.5. The van der Waals surface area contributed by atoms with Crippen molar-refractivity contribution in [2.45, 2.75) is 13.3 Å². The molecule has 1 aromatic rings. The number of pyridine rings is 1. The molecular weight excluding hydrogens is 188 g/mol. The molecule has 0 bridgehead atoms. The molecule has 13 heavy (non-hydrogen) atoms. The maximum Gasteiger partial charge on any atom is 0.209 e. The molecule has 0 radical (unpaired) electrons. The average Bonchev–Trinajstić information content (AvgIpc) is 2.01. The number of primary sulfonamides is 1. The number of hydrogen-bond acceptors (Lipinski definition) is 3. The molecule has 0 aromatic carbocycles. The van der Waals surface area contributed by atoms with E-state index in [0.29, 0.717) is 6.42 Å². The lowest BCUT2D eigenvalue weighted by Gasteiger charge is -2.02. The summed E-state index contributed by atoms with van der Waals surface area (Å²) in [7, 11) is -3.38. The van der Waals surface area contributed by atoms with Crippen LogP contribution in [0, 0.1) is 6.92 Å². The van der Waals surface area contributed by atoms with Gasteiger partial charge in [-0.1, -0.05) is 6.07 Å². The van der Waals surface area contributed by atoms with Gasteiger partial charge in [0.25, 0.3) is 0 Å². The zero-order chi connectivity index (χ0) is 9.90. The highest BCUT2D eigenvalue weighted by atomic mass is 32.2. The zero-order valence-electron chi connectivity index (χ0n) is 7.40. The van der Waals surface area contributed by atoms with Gasteiger partial charge in [0.05, 0.1) is 5.75 Å². The Kier molecular flexibility index (Phi) is 3.00. The third-order valence-electron chi connectivity index (χ3n) is 1.74. The van der Waals surface area contributed by atoms with Crippen molar-refractivity contribution in [1.29, 1.82) is 0 Å². The molecule has 1 heterocycles. The number of nitrogens with zero attached hydrogens (tertiary/aromatic N) is 1. The van der Waals surface area contributed by atoms with Crippen LogP contribution in [0.2, 0.25) is 0 Å². The maximum absolute atomic E-state index is 10.7. The molecule has 0 aliphatic rings. The SMILES string of the molecule is Cc1cccnc1CCS(N)(=O)=O. The van der Waals surface area contributed by atoms with Crippen molar-refractivity contribution in [2.75, 3.05) is 5.75 Å². The van der Waals surface area contributed by atoms with Crippen LogP contribution in [0.5, 0.6) is 0 Å². The van der Waals surface area contributed by atoms with Crippen molar-refractivity contribution in [2.24, 2.45) is 5.14 Å². The number of nitrogens with two attached hydrogens (primary N) is 1. The van der Waals surface area contributed by atoms with Crippen LogP contribution in [0.3, 0.4) is 0 Å². The molecule has 0 amide bonds. The van der Waals surface area contributed by atoms with Gasteiger partial charge in [-0.25, -0.2) is 13.6 Å². The van der Waals surface area contributed by atoms with Crippen LogP contribution in [-0.4, -0.2) is 19.2 Å². The first-order chi connectivity index (χ1) is 5.99. The van der Waals surface area contributed by atoms with Crippen molar-refractivity contribution >= 4 is 10.0 Å². The third-order valence-corrected chi connectivity index (χ3v) is 2.51. The number of aryl methyl sites for hydroxylation is 2. The van der Waals surface area contributed by atoms with E-state index in [1.54, 1.807) is 6.20 Å². The van der Waals surface area contributed by atoms with E-state index in [9.17, 15) is 8.42 Å². The zero-order valence-corrected chi connectivity index (χ0v) is 8.21. The molecule has 0 saturated heterocycles. The smallest absolute Gasteiger partial charge is 0.209 e. The monoisotopic (exact) mass is 200 g/mol. The Bertz CT molecular complexity index is 387. The first kappa shape index (κ1) is 10.1. The Hall–Kier alpha value is -0.940. The lowest BCUT2D eigenvalue weighted by atomic mass is 10.2. The summed E-state index contributed by atoms with van der Waals surface area (Å²) in [5, 5.41) is 4.88. The van der Waals surface area contributed by atoms with Crippen molar-refractivity contribution in [1.82, 2.24) is 4.98 Å². The minimum absolute atomic E-state index is 0.0507. The Morgan fingerprint density at radius 1 is 1.54 bits per heavy atom. The van der Waals surface area contributed by atoms with Crippen LogP contribution in [0.25, 0.3) is 0 Å². The molecule has 0 unspecified atom stereocenters. The van der Waals surface area contributed by atoms with Gasteiger partial charge in [0.2, 0.25) is 10.0 Å². The lowest BCUT2D eigenvalue weighted by Crippen LogP contribution is -2.18. The van der Waals surface area contributed by atoms with Gasteiger partial charge in [0, 0.05) is 18.3 Å². The highest BCUT2D eigenvalue weighted by molar-refractivity contribution is 7.89. The molecule has 0 atom stereocenters. The van der Waals surface area contributed by atoms with Crippen LogP contribution in [0.4, 0.5) is 0 Å². The van der Waals surface area contributed by atoms with E-state index < -0.39 is 10.0 Å². The molecular formula is C8H12N2O2S. The van der Waals surface area contributed by atoms with E-state index in [4.69, 9.17) is 5.14 Å². The molecule has 0 aliphatic carbocycles. The van der Waals surface area contributed by atoms with Gasteiger partial charge < -0.3 is 0 Å². The average molecular weight is 200 g/mol. The second-order valence-corrected chi connectivity index (χ2v) is 4.62. The van der Waals surface area contributed by atoms with E-state index >= 15 is 0 Å². The molecule has 1 rings (SSSR count). The third kappa shape index (κ3) is 3.52. The van der Waals surface area contributed by atoms with Crippen LogP contribution >= 0.6 is 0 Å². The van der Waals surface area contributed by atoms with Crippen molar-refractivity contribution in [3.63, 3.8) is 0 Å². The van der Waals surface area contributed by atoms with Crippen molar-refractivity contribution in [3.8, 4) is 0 Å². The fourth-order valence-corrected chi connectivity index (χ4v) is 1.50. The predicted molar refractivity (Wildman–Crippen MR) is 50.7 cm³/mol. The summed E-state index contributed by atoms with van der Waals surface area (Å²) in [5.41, 5.74) is 1.78. The summed E-state index contributed by atoms with van der Waals surface area (Å²) in [6.45, 7) is 1.89. The number of rotatable bonds is 3. The second-order valence-electron chi connectivity index (χ2n) is 2.88. The summed E-state index contributed by atoms with van der Waals surface area (Å²) in [6, 6.07) is 3.71. The maximum atomic E-state index is 10.7. The highest BCUT2D eigenvalue weighted by Gasteiger charge is 2.05. The van der Waals surface area contributed by atoms with Crippen molar-refractivity contribution < 1.29 is 8.42 Å². The molecule has 0 aliphatic heterocycles. The lowest BCUT2D eigenvalue weighted by molar-refractivity contribution is 0.596. The standard InChI is InChI=1S/C8H12N2O2S/c1-7-3-2-5-10-8(7)4-6-13(9,11)12/h2-3,5H,4,6H2,1H3,(H2,9,11,12). The topological polar surface area (TPSA) is 73.0 Å². The summed E-state index contributed by atoms with van der Waals surface area (Å²) in [5.74, 6) is -0.0507. The van der Waals surface area contributed by atoms with Crippen LogP contribution in [0.1, 0.15) is 11.3 Å². The van der Waals surface area contributed by atoms with Gasteiger partial charge in [-0.05, 0) is 18.6 Å². The molecule has 1 aromatic heterocycles.